The van der Waals surface area contributed by atoms with Gasteiger partial charge < -0.3 is 15.1 Å². The first-order chi connectivity index (χ1) is 12.0. The fourth-order valence-electron chi connectivity index (χ4n) is 3.77. The summed E-state index contributed by atoms with van der Waals surface area (Å²) in [6, 6.07) is 21.4. The Hall–Kier alpha value is -3.27. The lowest BCUT2D eigenvalue weighted by atomic mass is 9.77. The summed E-state index contributed by atoms with van der Waals surface area (Å²) >= 11 is 0. The molecule has 0 fully saturated rings. The lowest BCUT2D eigenvalue weighted by Gasteiger charge is -2.38. The number of fused-ring (bicyclic) bond motifs is 1. The molecule has 4 nitrogen and oxygen atoms in total. The van der Waals surface area contributed by atoms with Crippen molar-refractivity contribution >= 4 is 5.91 Å². The minimum Gasteiger partial charge on any atom is -0.508 e. The van der Waals surface area contributed by atoms with E-state index in [1.807, 2.05) is 48.5 Å². The Morgan fingerprint density at radius 1 is 0.760 bits per heavy atom. The van der Waals surface area contributed by atoms with Gasteiger partial charge in [-0.1, -0.05) is 42.5 Å². The summed E-state index contributed by atoms with van der Waals surface area (Å²) < 4.78 is 0. The van der Waals surface area contributed by atoms with Crippen molar-refractivity contribution in [1.29, 1.82) is 0 Å². The van der Waals surface area contributed by atoms with E-state index < -0.39 is 5.54 Å². The number of nitrogens with zero attached hydrogens (tertiary/aromatic N) is 1. The summed E-state index contributed by atoms with van der Waals surface area (Å²) in [6.45, 7) is 0. The van der Waals surface area contributed by atoms with Gasteiger partial charge in [-0.2, -0.15) is 0 Å². The quantitative estimate of drug-likeness (QED) is 0.756. The number of hydrogen-bond donors (Lipinski definition) is 2. The molecule has 25 heavy (non-hydrogen) atoms. The average molecular weight is 331 g/mol. The summed E-state index contributed by atoms with van der Waals surface area (Å²) in [5, 5.41) is 19.4. The van der Waals surface area contributed by atoms with Crippen LogP contribution in [0.1, 0.15) is 27.0 Å². The molecule has 0 unspecified atom stereocenters. The Balaban J connectivity index is 2.08. The van der Waals surface area contributed by atoms with Crippen LogP contribution in [0, 0.1) is 0 Å². The number of amides is 1. The van der Waals surface area contributed by atoms with Crippen molar-refractivity contribution < 1.29 is 15.0 Å². The molecule has 4 rings (SSSR count). The van der Waals surface area contributed by atoms with Crippen molar-refractivity contribution in [2.75, 3.05) is 7.05 Å². The van der Waals surface area contributed by atoms with E-state index in [0.717, 1.165) is 16.7 Å². The molecule has 0 saturated carbocycles. The topological polar surface area (TPSA) is 60.8 Å². The maximum absolute atomic E-state index is 12.9. The molecule has 124 valence electrons. The molecular formula is C21H17NO3. The van der Waals surface area contributed by atoms with E-state index in [1.54, 1.807) is 36.2 Å². The van der Waals surface area contributed by atoms with Crippen LogP contribution >= 0.6 is 0 Å². The normalized spacial score (nSPS) is 15.2. The van der Waals surface area contributed by atoms with Crippen LogP contribution in [-0.4, -0.2) is 28.1 Å². The maximum atomic E-state index is 12.9. The van der Waals surface area contributed by atoms with Gasteiger partial charge in [0.25, 0.3) is 5.91 Å². The summed E-state index contributed by atoms with van der Waals surface area (Å²) in [5.41, 5.74) is 2.48. The SMILES string of the molecule is CN1C(=O)c2ccccc2C1(c1ccc(O)cc1)c1ccc(O)cc1. The van der Waals surface area contributed by atoms with Crippen LogP contribution in [0.5, 0.6) is 11.5 Å². The number of benzene rings is 3. The molecule has 0 bridgehead atoms. The standard InChI is InChI=1S/C21H17NO3/c1-22-20(25)18-4-2-3-5-19(18)21(22,14-6-10-16(23)11-7-14)15-8-12-17(24)13-9-15/h2-13,23-24H,1H3. The van der Waals surface area contributed by atoms with Gasteiger partial charge in [0, 0.05) is 12.6 Å². The number of hydrogen-bond acceptors (Lipinski definition) is 3. The molecule has 1 aliphatic heterocycles. The molecule has 0 aromatic heterocycles. The number of rotatable bonds is 2. The fraction of sp³-hybridized carbons (Fsp3) is 0.0952. The molecule has 0 spiro atoms. The van der Waals surface area contributed by atoms with Crippen LogP contribution in [0.25, 0.3) is 0 Å². The van der Waals surface area contributed by atoms with Crippen molar-refractivity contribution in [2.24, 2.45) is 0 Å². The second-order valence-corrected chi connectivity index (χ2v) is 6.21. The molecule has 0 radical (unpaired) electrons. The molecule has 1 aliphatic rings. The van der Waals surface area contributed by atoms with E-state index in [9.17, 15) is 15.0 Å². The van der Waals surface area contributed by atoms with Crippen LogP contribution in [-0.2, 0) is 5.54 Å². The van der Waals surface area contributed by atoms with Gasteiger partial charge >= 0.3 is 0 Å². The summed E-state index contributed by atoms with van der Waals surface area (Å²) in [6.07, 6.45) is 0. The van der Waals surface area contributed by atoms with E-state index in [-0.39, 0.29) is 17.4 Å². The zero-order valence-electron chi connectivity index (χ0n) is 13.7. The zero-order chi connectivity index (χ0) is 17.6. The lowest BCUT2D eigenvalue weighted by molar-refractivity contribution is 0.0736. The predicted octanol–water partition coefficient (Wildman–Crippen LogP) is 3.48. The van der Waals surface area contributed by atoms with Crippen LogP contribution in [0.4, 0.5) is 0 Å². The van der Waals surface area contributed by atoms with Crippen LogP contribution in [0.15, 0.2) is 72.8 Å². The van der Waals surface area contributed by atoms with E-state index in [1.165, 1.54) is 0 Å². The van der Waals surface area contributed by atoms with Crippen LogP contribution in [0.2, 0.25) is 0 Å². The molecule has 1 heterocycles. The van der Waals surface area contributed by atoms with Gasteiger partial charge in [0.15, 0.2) is 0 Å². The van der Waals surface area contributed by atoms with Crippen molar-refractivity contribution in [1.82, 2.24) is 4.90 Å². The lowest BCUT2D eigenvalue weighted by Crippen LogP contribution is -2.43. The summed E-state index contributed by atoms with van der Waals surface area (Å²) in [7, 11) is 1.78. The van der Waals surface area contributed by atoms with Gasteiger partial charge in [0.2, 0.25) is 0 Å². The summed E-state index contributed by atoms with van der Waals surface area (Å²) in [4.78, 5) is 14.6. The highest BCUT2D eigenvalue weighted by Gasteiger charge is 2.50. The zero-order valence-corrected chi connectivity index (χ0v) is 13.7. The molecule has 3 aromatic rings. The molecule has 0 saturated heterocycles. The minimum absolute atomic E-state index is 0.0586. The monoisotopic (exact) mass is 331 g/mol. The second kappa shape index (κ2) is 5.38. The second-order valence-electron chi connectivity index (χ2n) is 6.21. The maximum Gasteiger partial charge on any atom is 0.255 e. The molecule has 2 N–H and O–H groups in total. The first-order valence-corrected chi connectivity index (χ1v) is 8.02. The predicted molar refractivity (Wildman–Crippen MR) is 94.6 cm³/mol. The Morgan fingerprint density at radius 2 is 1.24 bits per heavy atom. The molecule has 0 aliphatic carbocycles. The third-order valence-electron chi connectivity index (χ3n) is 4.93. The van der Waals surface area contributed by atoms with Gasteiger partial charge in [-0.05, 0) is 47.0 Å². The number of carbonyl (C=O) groups excluding carboxylic acids is 1. The molecule has 0 atom stereocenters. The largest absolute Gasteiger partial charge is 0.508 e. The van der Waals surface area contributed by atoms with Gasteiger partial charge in [0.1, 0.15) is 17.0 Å². The fourth-order valence-corrected chi connectivity index (χ4v) is 3.77. The Labute approximate surface area is 145 Å². The van der Waals surface area contributed by atoms with Gasteiger partial charge in [-0.3, -0.25) is 4.79 Å². The molecule has 3 aromatic carbocycles. The highest BCUT2D eigenvalue weighted by Crippen LogP contribution is 2.48. The van der Waals surface area contributed by atoms with E-state index >= 15 is 0 Å². The van der Waals surface area contributed by atoms with E-state index in [0.29, 0.717) is 5.56 Å². The third-order valence-corrected chi connectivity index (χ3v) is 4.93. The smallest absolute Gasteiger partial charge is 0.255 e. The Kier molecular flexibility index (Phi) is 3.29. The molecular weight excluding hydrogens is 314 g/mol. The van der Waals surface area contributed by atoms with Gasteiger partial charge in [0.05, 0.1) is 0 Å². The first-order valence-electron chi connectivity index (χ1n) is 8.02. The summed E-state index contributed by atoms with van der Waals surface area (Å²) in [5.74, 6) is 0.284. The molecule has 4 heteroatoms. The van der Waals surface area contributed by atoms with Crippen molar-refractivity contribution in [3.8, 4) is 11.5 Å². The Morgan fingerprint density at radius 3 is 1.76 bits per heavy atom. The minimum atomic E-state index is -0.810. The number of carbonyl (C=O) groups is 1. The average Bonchev–Trinajstić information content (AvgIpc) is 2.86. The van der Waals surface area contributed by atoms with Gasteiger partial charge in [-0.25, -0.2) is 0 Å². The third kappa shape index (κ3) is 2.04. The number of phenolic OH excluding ortho intramolecular Hbond substituents is 2. The molecule has 1 amide bonds. The van der Waals surface area contributed by atoms with E-state index in [4.69, 9.17) is 0 Å². The number of aromatic hydroxyl groups is 2. The van der Waals surface area contributed by atoms with Gasteiger partial charge in [-0.15, -0.1) is 0 Å². The highest BCUT2D eigenvalue weighted by molar-refractivity contribution is 6.01. The number of phenols is 2. The first kappa shape index (κ1) is 15.3. The van der Waals surface area contributed by atoms with Crippen molar-refractivity contribution in [3.05, 3.63) is 95.1 Å². The van der Waals surface area contributed by atoms with Crippen LogP contribution < -0.4 is 0 Å². The van der Waals surface area contributed by atoms with Crippen LogP contribution in [0.3, 0.4) is 0 Å². The Bertz CT molecular complexity index is 900. The van der Waals surface area contributed by atoms with Crippen molar-refractivity contribution in [3.63, 3.8) is 0 Å². The van der Waals surface area contributed by atoms with E-state index in [2.05, 4.69) is 0 Å². The van der Waals surface area contributed by atoms with Crippen molar-refractivity contribution in [2.45, 2.75) is 5.54 Å². The highest BCUT2D eigenvalue weighted by atomic mass is 16.3.